The minimum absolute atomic E-state index is 0.0134. The van der Waals surface area contributed by atoms with Crippen molar-refractivity contribution in [3.05, 3.63) is 34.0 Å². The number of aliphatic hydroxyl groups excluding tert-OH is 1. The van der Waals surface area contributed by atoms with E-state index in [0.29, 0.717) is 5.69 Å². The monoisotopic (exact) mass is 270 g/mol. The van der Waals surface area contributed by atoms with Crippen molar-refractivity contribution in [1.82, 2.24) is 9.97 Å². The zero-order chi connectivity index (χ0) is 9.97. The van der Waals surface area contributed by atoms with Gasteiger partial charge in [0, 0.05) is 17.1 Å². The Balaban J connectivity index is 2.34. The highest BCUT2D eigenvalue weighted by atomic mass is 79.9. The smallest absolute Gasteiger partial charge is 0.125 e. The van der Waals surface area contributed by atoms with Gasteiger partial charge < -0.3 is 5.11 Å². The maximum atomic E-state index is 8.86. The lowest BCUT2D eigenvalue weighted by Crippen LogP contribution is -1.83. The lowest BCUT2D eigenvalue weighted by atomic mass is 10.3. The highest BCUT2D eigenvalue weighted by Gasteiger charge is 2.03. The van der Waals surface area contributed by atoms with Gasteiger partial charge in [0.1, 0.15) is 9.61 Å². The van der Waals surface area contributed by atoms with E-state index >= 15 is 0 Å². The molecule has 0 aliphatic rings. The van der Waals surface area contributed by atoms with Crippen LogP contribution in [0.15, 0.2) is 28.3 Å². The molecule has 0 spiro atoms. The molecule has 2 aromatic rings. The van der Waals surface area contributed by atoms with Crippen LogP contribution in [0.5, 0.6) is 0 Å². The molecule has 72 valence electrons. The van der Waals surface area contributed by atoms with E-state index in [-0.39, 0.29) is 6.61 Å². The maximum absolute atomic E-state index is 8.86. The van der Waals surface area contributed by atoms with Crippen LogP contribution in [0.2, 0.25) is 0 Å². The van der Waals surface area contributed by atoms with Gasteiger partial charge in [0.2, 0.25) is 0 Å². The second-order valence-electron chi connectivity index (χ2n) is 2.67. The fourth-order valence-electron chi connectivity index (χ4n) is 1.01. The fourth-order valence-corrected chi connectivity index (χ4v) is 2.05. The van der Waals surface area contributed by atoms with Crippen LogP contribution in [0.3, 0.4) is 0 Å². The molecule has 0 unspecified atom stereocenters. The third kappa shape index (κ3) is 2.00. The first-order valence-corrected chi connectivity index (χ1v) is 5.64. The summed E-state index contributed by atoms with van der Waals surface area (Å²) in [5.74, 6) is 0. The Morgan fingerprint density at radius 2 is 2.29 bits per heavy atom. The van der Waals surface area contributed by atoms with Crippen molar-refractivity contribution in [3.63, 3.8) is 0 Å². The molecule has 0 saturated heterocycles. The summed E-state index contributed by atoms with van der Waals surface area (Å²) in [6.45, 7) is -0.0134. The number of hydrogen-bond acceptors (Lipinski definition) is 4. The van der Waals surface area contributed by atoms with Gasteiger partial charge in [-0.25, -0.2) is 9.97 Å². The molecule has 0 fully saturated rings. The molecule has 0 atom stereocenters. The first-order chi connectivity index (χ1) is 6.79. The largest absolute Gasteiger partial charge is 0.390 e. The highest BCUT2D eigenvalue weighted by molar-refractivity contribution is 9.10. The Kier molecular flexibility index (Phi) is 2.90. The summed E-state index contributed by atoms with van der Waals surface area (Å²) in [4.78, 5) is 8.35. The summed E-state index contributed by atoms with van der Waals surface area (Å²) in [5, 5.41) is 11.6. The van der Waals surface area contributed by atoms with Crippen LogP contribution in [0.4, 0.5) is 0 Å². The van der Waals surface area contributed by atoms with Crippen molar-refractivity contribution in [2.24, 2.45) is 0 Å². The van der Waals surface area contributed by atoms with Crippen molar-refractivity contribution in [2.45, 2.75) is 6.61 Å². The number of aromatic nitrogens is 2. The molecule has 14 heavy (non-hydrogen) atoms. The SMILES string of the molecule is OCc1csc(-c2ccc(Br)nc2)n1. The number of rotatable bonds is 2. The zero-order valence-electron chi connectivity index (χ0n) is 7.14. The summed E-state index contributed by atoms with van der Waals surface area (Å²) >= 11 is 4.78. The minimum Gasteiger partial charge on any atom is -0.390 e. The molecule has 0 saturated carbocycles. The summed E-state index contributed by atoms with van der Waals surface area (Å²) < 4.78 is 0.806. The Morgan fingerprint density at radius 3 is 2.86 bits per heavy atom. The molecule has 0 bridgehead atoms. The van der Waals surface area contributed by atoms with E-state index in [0.717, 1.165) is 15.2 Å². The van der Waals surface area contributed by atoms with Crippen molar-refractivity contribution >= 4 is 27.3 Å². The highest BCUT2D eigenvalue weighted by Crippen LogP contribution is 2.23. The second kappa shape index (κ2) is 4.16. The normalized spacial score (nSPS) is 10.4. The zero-order valence-corrected chi connectivity index (χ0v) is 9.55. The van der Waals surface area contributed by atoms with Crippen LogP contribution in [-0.4, -0.2) is 15.1 Å². The minimum atomic E-state index is -0.0134. The topological polar surface area (TPSA) is 46.0 Å². The van der Waals surface area contributed by atoms with Gasteiger partial charge in [-0.3, -0.25) is 0 Å². The molecule has 0 aromatic carbocycles. The van der Waals surface area contributed by atoms with Gasteiger partial charge >= 0.3 is 0 Å². The third-order valence-corrected chi connectivity index (χ3v) is 3.10. The predicted molar refractivity (Wildman–Crippen MR) is 59.0 cm³/mol. The van der Waals surface area contributed by atoms with Gasteiger partial charge in [-0.1, -0.05) is 0 Å². The molecule has 3 nitrogen and oxygen atoms in total. The lowest BCUT2D eigenvalue weighted by Gasteiger charge is -1.94. The van der Waals surface area contributed by atoms with Gasteiger partial charge in [0.15, 0.2) is 0 Å². The van der Waals surface area contributed by atoms with Crippen LogP contribution in [-0.2, 0) is 6.61 Å². The van der Waals surface area contributed by atoms with E-state index in [1.165, 1.54) is 11.3 Å². The fraction of sp³-hybridized carbons (Fsp3) is 0.111. The Hall–Kier alpha value is -0.780. The van der Waals surface area contributed by atoms with Gasteiger partial charge in [-0.15, -0.1) is 11.3 Å². The Labute approximate surface area is 93.6 Å². The second-order valence-corrected chi connectivity index (χ2v) is 4.34. The van der Waals surface area contributed by atoms with Crippen LogP contribution in [0.1, 0.15) is 5.69 Å². The number of halogens is 1. The van der Waals surface area contributed by atoms with E-state index in [9.17, 15) is 0 Å². The van der Waals surface area contributed by atoms with E-state index in [4.69, 9.17) is 5.11 Å². The van der Waals surface area contributed by atoms with Crippen LogP contribution in [0, 0.1) is 0 Å². The van der Waals surface area contributed by atoms with Crippen molar-refractivity contribution in [2.75, 3.05) is 0 Å². The molecule has 2 heterocycles. The molecule has 0 radical (unpaired) electrons. The summed E-state index contributed by atoms with van der Waals surface area (Å²) in [7, 11) is 0. The Bertz CT molecular complexity index is 427. The summed E-state index contributed by atoms with van der Waals surface area (Å²) in [5.41, 5.74) is 1.67. The standard InChI is InChI=1S/C9H7BrN2OS/c10-8-2-1-6(3-11-8)9-12-7(4-13)5-14-9/h1-3,5,13H,4H2. The predicted octanol–water partition coefficient (Wildman–Crippen LogP) is 2.46. The van der Waals surface area contributed by atoms with E-state index < -0.39 is 0 Å². The van der Waals surface area contributed by atoms with Crippen molar-refractivity contribution in [1.29, 1.82) is 0 Å². The molecular weight excluding hydrogens is 264 g/mol. The van der Waals surface area contributed by atoms with Gasteiger partial charge in [0.25, 0.3) is 0 Å². The lowest BCUT2D eigenvalue weighted by molar-refractivity contribution is 0.278. The van der Waals surface area contributed by atoms with Crippen LogP contribution in [0.25, 0.3) is 10.6 Å². The van der Waals surface area contributed by atoms with Gasteiger partial charge in [-0.2, -0.15) is 0 Å². The quantitative estimate of drug-likeness (QED) is 0.853. The number of thiazole rings is 1. The van der Waals surface area contributed by atoms with Crippen molar-refractivity contribution < 1.29 is 5.11 Å². The van der Waals surface area contributed by atoms with Crippen molar-refractivity contribution in [3.8, 4) is 10.6 Å². The van der Waals surface area contributed by atoms with E-state index in [2.05, 4.69) is 25.9 Å². The number of hydrogen-bond donors (Lipinski definition) is 1. The van der Waals surface area contributed by atoms with E-state index in [1.54, 1.807) is 6.20 Å². The first-order valence-electron chi connectivity index (χ1n) is 3.97. The molecule has 0 aliphatic carbocycles. The first kappa shape index (κ1) is 9.76. The average Bonchev–Trinajstić information content (AvgIpc) is 2.67. The molecule has 2 aromatic heterocycles. The molecule has 5 heteroatoms. The van der Waals surface area contributed by atoms with Gasteiger partial charge in [0.05, 0.1) is 12.3 Å². The molecule has 2 rings (SSSR count). The number of aliphatic hydroxyl groups is 1. The van der Waals surface area contributed by atoms with Crippen LogP contribution >= 0.6 is 27.3 Å². The van der Waals surface area contributed by atoms with E-state index in [1.807, 2.05) is 17.5 Å². The molecule has 1 N–H and O–H groups in total. The molecule has 0 amide bonds. The molecular formula is C9H7BrN2OS. The number of pyridine rings is 1. The number of nitrogens with zero attached hydrogens (tertiary/aromatic N) is 2. The molecule has 0 aliphatic heterocycles. The Morgan fingerprint density at radius 1 is 1.43 bits per heavy atom. The van der Waals surface area contributed by atoms with Gasteiger partial charge in [-0.05, 0) is 28.1 Å². The van der Waals surface area contributed by atoms with Crippen LogP contribution < -0.4 is 0 Å². The average molecular weight is 271 g/mol. The maximum Gasteiger partial charge on any atom is 0.125 e. The summed E-state index contributed by atoms with van der Waals surface area (Å²) in [6, 6.07) is 3.81. The summed E-state index contributed by atoms with van der Waals surface area (Å²) in [6.07, 6.45) is 1.75. The third-order valence-electron chi connectivity index (χ3n) is 1.69.